The second-order valence-corrected chi connectivity index (χ2v) is 8.66. The Bertz CT molecular complexity index is 504. The van der Waals surface area contributed by atoms with Crippen LogP contribution in [0.3, 0.4) is 0 Å². The van der Waals surface area contributed by atoms with E-state index in [9.17, 15) is 0 Å². The largest absolute Gasteiger partial charge is 0.0831 e. The van der Waals surface area contributed by atoms with Gasteiger partial charge < -0.3 is 0 Å². The van der Waals surface area contributed by atoms with Crippen LogP contribution in [0.2, 0.25) is 0 Å². The van der Waals surface area contributed by atoms with E-state index in [1.165, 1.54) is 44.9 Å². The van der Waals surface area contributed by atoms with E-state index in [-0.39, 0.29) is 9.52 Å². The third-order valence-corrected chi connectivity index (χ3v) is 7.07. The number of hydrogen-bond donors (Lipinski definition) is 0. The monoisotopic (exact) mass is 282 g/mol. The lowest BCUT2D eigenvalue weighted by Crippen LogP contribution is -2.16. The van der Waals surface area contributed by atoms with Gasteiger partial charge >= 0.3 is 0 Å². The zero-order valence-corrected chi connectivity index (χ0v) is 14.1. The molecular formula is C19H26Si. The summed E-state index contributed by atoms with van der Waals surface area (Å²) in [6.07, 6.45) is 12.5. The Morgan fingerprint density at radius 2 is 1.80 bits per heavy atom. The highest BCUT2D eigenvalue weighted by molar-refractivity contribution is 6.61. The van der Waals surface area contributed by atoms with E-state index in [0.717, 1.165) is 5.92 Å². The summed E-state index contributed by atoms with van der Waals surface area (Å²) in [7, 11) is -0.224. The quantitative estimate of drug-likeness (QED) is 0.731. The second kappa shape index (κ2) is 6.58. The molecule has 20 heavy (non-hydrogen) atoms. The lowest BCUT2D eigenvalue weighted by molar-refractivity contribution is 0.355. The van der Waals surface area contributed by atoms with Crippen molar-refractivity contribution in [3.05, 3.63) is 52.8 Å². The van der Waals surface area contributed by atoms with Gasteiger partial charge in [-0.1, -0.05) is 90.0 Å². The molecule has 1 saturated carbocycles. The van der Waals surface area contributed by atoms with Crippen LogP contribution in [0.25, 0.3) is 0 Å². The fourth-order valence-corrected chi connectivity index (χ4v) is 5.64. The van der Waals surface area contributed by atoms with Crippen LogP contribution in [0.4, 0.5) is 0 Å². The van der Waals surface area contributed by atoms with Crippen molar-refractivity contribution in [2.75, 3.05) is 0 Å². The first-order chi connectivity index (χ1) is 9.81. The molecule has 1 aromatic rings. The highest BCUT2D eigenvalue weighted by Crippen LogP contribution is 2.34. The summed E-state index contributed by atoms with van der Waals surface area (Å²) >= 11 is 0. The van der Waals surface area contributed by atoms with Gasteiger partial charge in [-0.3, -0.25) is 0 Å². The summed E-state index contributed by atoms with van der Waals surface area (Å²) in [5.74, 6) is 0.987. The SMILES string of the molecule is CC1=C([SiH2]c2ccccc2)CC(CC2CCCCC2)=C1. The standard InChI is InChI=1S/C19H26Si/c1-15-12-17(13-16-8-4-2-5-9-16)14-19(15)20-18-10-6-3-7-11-18/h3,6-7,10-12,16H,2,4-5,8-9,13-14,20H2,1H3. The summed E-state index contributed by atoms with van der Waals surface area (Å²) < 4.78 is 0. The number of allylic oxidation sites excluding steroid dienone is 4. The van der Waals surface area contributed by atoms with E-state index in [2.05, 4.69) is 43.3 Å². The van der Waals surface area contributed by atoms with Gasteiger partial charge in [0.1, 0.15) is 0 Å². The van der Waals surface area contributed by atoms with E-state index in [1.807, 2.05) is 0 Å². The summed E-state index contributed by atoms with van der Waals surface area (Å²) in [6, 6.07) is 11.1. The Hall–Kier alpha value is -1.08. The highest BCUT2D eigenvalue weighted by Gasteiger charge is 2.19. The van der Waals surface area contributed by atoms with Crippen molar-refractivity contribution in [3.63, 3.8) is 0 Å². The van der Waals surface area contributed by atoms with E-state index < -0.39 is 0 Å². The highest BCUT2D eigenvalue weighted by atomic mass is 28.2. The Labute approximate surface area is 125 Å². The predicted molar refractivity (Wildman–Crippen MR) is 91.2 cm³/mol. The molecule has 0 bridgehead atoms. The molecule has 1 heteroatoms. The topological polar surface area (TPSA) is 0 Å². The first-order valence-electron chi connectivity index (χ1n) is 8.23. The van der Waals surface area contributed by atoms with Gasteiger partial charge in [0.05, 0.1) is 9.52 Å². The molecule has 106 valence electrons. The van der Waals surface area contributed by atoms with Gasteiger partial charge in [-0.05, 0) is 25.7 Å². The molecule has 0 atom stereocenters. The fourth-order valence-electron chi connectivity index (χ4n) is 3.81. The number of rotatable bonds is 4. The summed E-state index contributed by atoms with van der Waals surface area (Å²) in [5, 5.41) is 3.37. The molecule has 0 spiro atoms. The van der Waals surface area contributed by atoms with Crippen LogP contribution < -0.4 is 5.19 Å². The van der Waals surface area contributed by atoms with Crippen molar-refractivity contribution in [1.29, 1.82) is 0 Å². The summed E-state index contributed by atoms with van der Waals surface area (Å²) in [6.45, 7) is 2.33. The summed E-state index contributed by atoms with van der Waals surface area (Å²) in [5.41, 5.74) is 3.32. The molecular weight excluding hydrogens is 256 g/mol. The Morgan fingerprint density at radius 1 is 1.05 bits per heavy atom. The van der Waals surface area contributed by atoms with Gasteiger partial charge in [-0.2, -0.15) is 0 Å². The molecule has 0 aliphatic heterocycles. The van der Waals surface area contributed by atoms with Crippen LogP contribution in [0.1, 0.15) is 51.9 Å². The van der Waals surface area contributed by atoms with Gasteiger partial charge in [0.2, 0.25) is 0 Å². The average molecular weight is 283 g/mol. The number of hydrogen-bond acceptors (Lipinski definition) is 0. The maximum absolute atomic E-state index is 2.51. The molecule has 0 aromatic heterocycles. The Morgan fingerprint density at radius 3 is 2.55 bits per heavy atom. The molecule has 2 aliphatic rings. The van der Waals surface area contributed by atoms with Crippen molar-refractivity contribution in [2.24, 2.45) is 5.92 Å². The maximum Gasteiger partial charge on any atom is 0.0831 e. The third kappa shape index (κ3) is 3.52. The molecule has 3 rings (SSSR count). The van der Waals surface area contributed by atoms with Crippen molar-refractivity contribution < 1.29 is 0 Å². The van der Waals surface area contributed by atoms with Gasteiger partial charge in [-0.25, -0.2) is 0 Å². The first-order valence-corrected chi connectivity index (χ1v) is 9.64. The van der Waals surface area contributed by atoms with Crippen molar-refractivity contribution in [3.8, 4) is 0 Å². The second-order valence-electron chi connectivity index (χ2n) is 6.64. The van der Waals surface area contributed by atoms with Crippen LogP contribution in [0, 0.1) is 5.92 Å². The smallest absolute Gasteiger partial charge is 0.0758 e. The normalized spacial score (nSPS) is 20.9. The third-order valence-electron chi connectivity index (χ3n) is 4.95. The minimum atomic E-state index is -0.224. The molecule has 2 aliphatic carbocycles. The molecule has 1 aromatic carbocycles. The minimum Gasteiger partial charge on any atom is -0.0758 e. The number of benzene rings is 1. The molecule has 1 fully saturated rings. The Kier molecular flexibility index (Phi) is 4.57. The van der Waals surface area contributed by atoms with Crippen LogP contribution >= 0.6 is 0 Å². The minimum absolute atomic E-state index is 0.224. The zero-order chi connectivity index (χ0) is 13.8. The molecule has 0 heterocycles. The van der Waals surface area contributed by atoms with E-state index >= 15 is 0 Å². The predicted octanol–water partition coefficient (Wildman–Crippen LogP) is 4.06. The molecule has 0 nitrogen and oxygen atoms in total. The van der Waals surface area contributed by atoms with E-state index in [0.29, 0.717) is 0 Å². The van der Waals surface area contributed by atoms with Gasteiger partial charge in [-0.15, -0.1) is 0 Å². The first kappa shape index (κ1) is 13.9. The maximum atomic E-state index is 2.51. The Balaban J connectivity index is 1.56. The average Bonchev–Trinajstić information content (AvgIpc) is 2.81. The fraction of sp³-hybridized carbons (Fsp3) is 0.474. The molecule has 0 unspecified atom stereocenters. The van der Waals surface area contributed by atoms with Gasteiger partial charge in [0.25, 0.3) is 0 Å². The summed E-state index contributed by atoms with van der Waals surface area (Å²) in [4.78, 5) is 0. The lowest BCUT2D eigenvalue weighted by Gasteiger charge is -2.22. The van der Waals surface area contributed by atoms with Crippen molar-refractivity contribution in [1.82, 2.24) is 0 Å². The lowest BCUT2D eigenvalue weighted by atomic mass is 9.84. The zero-order valence-electron chi connectivity index (χ0n) is 12.7. The van der Waals surface area contributed by atoms with Crippen LogP contribution in [0.5, 0.6) is 0 Å². The molecule has 0 radical (unpaired) electrons. The molecule has 0 saturated heterocycles. The van der Waals surface area contributed by atoms with Crippen molar-refractivity contribution in [2.45, 2.75) is 51.9 Å². The van der Waals surface area contributed by atoms with E-state index in [4.69, 9.17) is 0 Å². The molecule has 0 N–H and O–H groups in total. The van der Waals surface area contributed by atoms with Gasteiger partial charge in [0, 0.05) is 0 Å². The van der Waals surface area contributed by atoms with Crippen molar-refractivity contribution >= 4 is 14.7 Å². The molecule has 0 amide bonds. The van der Waals surface area contributed by atoms with Crippen LogP contribution in [0.15, 0.2) is 52.8 Å². The van der Waals surface area contributed by atoms with Gasteiger partial charge in [0.15, 0.2) is 0 Å². The van der Waals surface area contributed by atoms with Crippen LogP contribution in [-0.4, -0.2) is 9.52 Å². The van der Waals surface area contributed by atoms with E-state index in [1.54, 1.807) is 21.5 Å². The van der Waals surface area contributed by atoms with Crippen LogP contribution in [-0.2, 0) is 0 Å².